The highest BCUT2D eigenvalue weighted by Crippen LogP contribution is 2.25. The van der Waals surface area contributed by atoms with E-state index in [0.717, 1.165) is 47.6 Å². The predicted octanol–water partition coefficient (Wildman–Crippen LogP) is 6.54. The van der Waals surface area contributed by atoms with E-state index in [1.165, 1.54) is 0 Å². The van der Waals surface area contributed by atoms with Crippen molar-refractivity contribution in [2.45, 2.75) is 52.3 Å². The van der Waals surface area contributed by atoms with Gasteiger partial charge in [-0.15, -0.1) is 0 Å². The molecule has 4 aromatic rings. The average molecular weight is 566 g/mol. The van der Waals surface area contributed by atoms with Gasteiger partial charge in [-0.3, -0.25) is 9.69 Å². The first kappa shape index (κ1) is 29.1. The van der Waals surface area contributed by atoms with Crippen molar-refractivity contribution in [3.63, 3.8) is 0 Å². The van der Waals surface area contributed by atoms with E-state index in [9.17, 15) is 9.59 Å². The maximum Gasteiger partial charge on any atom is 0.410 e. The number of ether oxygens (including phenoxy) is 1. The number of anilines is 1. The monoisotopic (exact) mass is 565 g/mol. The summed E-state index contributed by atoms with van der Waals surface area (Å²) >= 11 is 0. The van der Waals surface area contributed by atoms with Gasteiger partial charge in [0, 0.05) is 55.9 Å². The third-order valence-electron chi connectivity index (χ3n) is 7.36. The molecule has 1 aliphatic heterocycles. The summed E-state index contributed by atoms with van der Waals surface area (Å²) < 4.78 is 7.54. The fraction of sp³-hybridized carbons (Fsp3) is 0.324. The van der Waals surface area contributed by atoms with Gasteiger partial charge < -0.3 is 19.5 Å². The SMILES string of the molecule is Cc1cn(-c2cc(CN3CC[C@H](N(C)C(=O)OC(C)(C)C)C3)cc(NC(=O)c3cccc(-c4ccccc4)c3)c2)cn1. The van der Waals surface area contributed by atoms with E-state index >= 15 is 0 Å². The van der Waals surface area contributed by atoms with Crippen molar-refractivity contribution >= 4 is 17.7 Å². The Morgan fingerprint density at radius 1 is 1.02 bits per heavy atom. The minimum Gasteiger partial charge on any atom is -0.444 e. The highest BCUT2D eigenvalue weighted by molar-refractivity contribution is 6.05. The number of imidazole rings is 1. The highest BCUT2D eigenvalue weighted by atomic mass is 16.6. The molecule has 1 aromatic heterocycles. The zero-order chi connectivity index (χ0) is 29.9. The lowest BCUT2D eigenvalue weighted by atomic mass is 10.0. The Morgan fingerprint density at radius 2 is 1.79 bits per heavy atom. The standard InChI is InChI=1S/C34H39N5O3/c1-24-20-39(23-35-24)31-17-25(21-38-15-14-30(22-38)37(5)33(41)42-34(2,3)4)16-29(19-31)36-32(40)28-13-9-12-27(18-28)26-10-7-6-8-11-26/h6-13,16-20,23,30H,14-15,21-22H2,1-5H3,(H,36,40)/t30-/m0/s1. The molecular formula is C34H39N5O3. The van der Waals surface area contributed by atoms with Crippen molar-refractivity contribution in [1.29, 1.82) is 0 Å². The lowest BCUT2D eigenvalue weighted by molar-refractivity contribution is 0.0228. The van der Waals surface area contributed by atoms with Crippen LogP contribution >= 0.6 is 0 Å². The Bertz CT molecular complexity index is 1560. The van der Waals surface area contributed by atoms with Gasteiger partial charge in [0.15, 0.2) is 0 Å². The summed E-state index contributed by atoms with van der Waals surface area (Å²) in [6.45, 7) is 9.89. The van der Waals surface area contributed by atoms with Crippen LogP contribution in [0.15, 0.2) is 85.3 Å². The first-order valence-corrected chi connectivity index (χ1v) is 14.3. The van der Waals surface area contributed by atoms with Crippen LogP contribution in [0.1, 0.15) is 48.8 Å². The molecule has 1 saturated heterocycles. The number of benzene rings is 3. The van der Waals surface area contributed by atoms with Gasteiger partial charge in [-0.1, -0.05) is 42.5 Å². The maximum absolute atomic E-state index is 13.4. The van der Waals surface area contributed by atoms with E-state index in [1.807, 2.05) is 112 Å². The number of hydrogen-bond acceptors (Lipinski definition) is 5. The van der Waals surface area contributed by atoms with Gasteiger partial charge in [-0.25, -0.2) is 9.78 Å². The first-order chi connectivity index (χ1) is 20.0. The summed E-state index contributed by atoms with van der Waals surface area (Å²) in [4.78, 5) is 34.4. The van der Waals surface area contributed by atoms with Gasteiger partial charge in [0.25, 0.3) is 5.91 Å². The number of likely N-dealkylation sites (N-methyl/N-ethyl adjacent to an activating group) is 1. The molecule has 0 radical (unpaired) electrons. The molecule has 218 valence electrons. The predicted molar refractivity (Wildman–Crippen MR) is 166 cm³/mol. The molecule has 1 aliphatic rings. The van der Waals surface area contributed by atoms with Gasteiger partial charge >= 0.3 is 6.09 Å². The van der Waals surface area contributed by atoms with Crippen LogP contribution < -0.4 is 5.32 Å². The average Bonchev–Trinajstić information content (AvgIpc) is 3.61. The van der Waals surface area contributed by atoms with E-state index in [2.05, 4.69) is 21.3 Å². The second kappa shape index (κ2) is 12.2. The number of nitrogens with one attached hydrogen (secondary N) is 1. The van der Waals surface area contributed by atoms with E-state index in [4.69, 9.17) is 4.74 Å². The number of amides is 2. The van der Waals surface area contributed by atoms with E-state index < -0.39 is 5.60 Å². The molecule has 1 N–H and O–H groups in total. The van der Waals surface area contributed by atoms with Gasteiger partial charge in [-0.05, 0) is 81.1 Å². The normalized spacial score (nSPS) is 15.4. The van der Waals surface area contributed by atoms with Gasteiger partial charge in [0.1, 0.15) is 5.60 Å². The molecule has 8 heteroatoms. The molecule has 2 amide bonds. The summed E-state index contributed by atoms with van der Waals surface area (Å²) in [5.41, 5.74) is 5.73. The van der Waals surface area contributed by atoms with Crippen LogP contribution in [0.25, 0.3) is 16.8 Å². The molecule has 0 bridgehead atoms. The number of rotatable bonds is 7. The zero-order valence-electron chi connectivity index (χ0n) is 25.0. The molecule has 42 heavy (non-hydrogen) atoms. The number of hydrogen-bond donors (Lipinski definition) is 1. The quantitative estimate of drug-likeness (QED) is 0.275. The zero-order valence-corrected chi connectivity index (χ0v) is 25.0. The van der Waals surface area contributed by atoms with Crippen molar-refractivity contribution in [3.8, 4) is 16.8 Å². The van der Waals surface area contributed by atoms with Crippen LogP contribution in [0.3, 0.4) is 0 Å². The van der Waals surface area contributed by atoms with Crippen molar-refractivity contribution < 1.29 is 14.3 Å². The fourth-order valence-corrected chi connectivity index (χ4v) is 5.24. The highest BCUT2D eigenvalue weighted by Gasteiger charge is 2.31. The van der Waals surface area contributed by atoms with Crippen molar-refractivity contribution in [1.82, 2.24) is 19.4 Å². The van der Waals surface area contributed by atoms with Crippen molar-refractivity contribution in [2.75, 3.05) is 25.5 Å². The van der Waals surface area contributed by atoms with Crippen molar-refractivity contribution in [2.24, 2.45) is 0 Å². The molecule has 2 heterocycles. The summed E-state index contributed by atoms with van der Waals surface area (Å²) in [6, 6.07) is 23.9. The van der Waals surface area contributed by atoms with Crippen LogP contribution in [0, 0.1) is 6.92 Å². The summed E-state index contributed by atoms with van der Waals surface area (Å²) in [7, 11) is 1.81. The largest absolute Gasteiger partial charge is 0.444 e. The van der Waals surface area contributed by atoms with Gasteiger partial charge in [0.2, 0.25) is 0 Å². The van der Waals surface area contributed by atoms with Crippen LogP contribution in [0.2, 0.25) is 0 Å². The van der Waals surface area contributed by atoms with Crippen LogP contribution in [-0.2, 0) is 11.3 Å². The van der Waals surface area contributed by atoms with Crippen LogP contribution in [0.4, 0.5) is 10.5 Å². The van der Waals surface area contributed by atoms with Gasteiger partial charge in [-0.2, -0.15) is 0 Å². The minimum atomic E-state index is -0.528. The Balaban J connectivity index is 1.34. The van der Waals surface area contributed by atoms with Gasteiger partial charge in [0.05, 0.1) is 12.0 Å². The van der Waals surface area contributed by atoms with E-state index in [0.29, 0.717) is 17.8 Å². The molecule has 0 saturated carbocycles. The maximum atomic E-state index is 13.4. The smallest absolute Gasteiger partial charge is 0.410 e. The molecule has 0 aliphatic carbocycles. The molecule has 8 nitrogen and oxygen atoms in total. The summed E-state index contributed by atoms with van der Waals surface area (Å²) in [5.74, 6) is -0.169. The number of aromatic nitrogens is 2. The Hall–Kier alpha value is -4.43. The molecule has 0 unspecified atom stereocenters. The molecule has 3 aromatic carbocycles. The first-order valence-electron chi connectivity index (χ1n) is 14.3. The molecule has 5 rings (SSSR count). The molecular weight excluding hydrogens is 526 g/mol. The second-order valence-electron chi connectivity index (χ2n) is 12.0. The third-order valence-corrected chi connectivity index (χ3v) is 7.36. The number of nitrogens with zero attached hydrogens (tertiary/aromatic N) is 4. The van der Waals surface area contributed by atoms with E-state index in [-0.39, 0.29) is 18.0 Å². The van der Waals surface area contributed by atoms with Crippen LogP contribution in [-0.4, -0.2) is 63.1 Å². The molecule has 1 atom stereocenters. The fourth-order valence-electron chi connectivity index (χ4n) is 5.24. The Kier molecular flexibility index (Phi) is 8.45. The third kappa shape index (κ3) is 7.25. The lowest BCUT2D eigenvalue weighted by Crippen LogP contribution is -2.42. The minimum absolute atomic E-state index is 0.0791. The number of likely N-dealkylation sites (tertiary alicyclic amines) is 1. The van der Waals surface area contributed by atoms with Crippen molar-refractivity contribution in [3.05, 3.63) is 102 Å². The van der Waals surface area contributed by atoms with E-state index in [1.54, 1.807) is 11.2 Å². The number of carbonyl (C=O) groups excluding carboxylic acids is 2. The second-order valence-corrected chi connectivity index (χ2v) is 12.0. The van der Waals surface area contributed by atoms with Crippen LogP contribution in [0.5, 0.6) is 0 Å². The summed E-state index contributed by atoms with van der Waals surface area (Å²) in [6.07, 6.45) is 4.33. The number of carbonyl (C=O) groups is 2. The Morgan fingerprint density at radius 3 is 2.50 bits per heavy atom. The molecule has 0 spiro atoms. The number of aryl methyl sites for hydroxylation is 1. The topological polar surface area (TPSA) is 79.7 Å². The lowest BCUT2D eigenvalue weighted by Gasteiger charge is -2.28. The molecule has 1 fully saturated rings. The summed E-state index contributed by atoms with van der Waals surface area (Å²) in [5, 5.41) is 3.12. The Labute approximate surface area is 247 Å².